The molecule has 0 atom stereocenters. The summed E-state index contributed by atoms with van der Waals surface area (Å²) in [5.74, 6) is -1.00. The summed E-state index contributed by atoms with van der Waals surface area (Å²) >= 11 is 0. The summed E-state index contributed by atoms with van der Waals surface area (Å²) in [7, 11) is 0. The highest BCUT2D eigenvalue weighted by molar-refractivity contribution is 5.92. The Morgan fingerprint density at radius 2 is 2.05 bits per heavy atom. The summed E-state index contributed by atoms with van der Waals surface area (Å²) in [4.78, 5) is 24.1. The van der Waals surface area contributed by atoms with Gasteiger partial charge in [-0.15, -0.1) is 0 Å². The Balaban J connectivity index is 2.13. The number of anilines is 1. The van der Waals surface area contributed by atoms with Gasteiger partial charge in [0, 0.05) is 12.2 Å². The molecule has 0 bridgehead atoms. The van der Waals surface area contributed by atoms with Crippen LogP contribution in [0, 0.1) is 0 Å². The van der Waals surface area contributed by atoms with Crippen LogP contribution >= 0.6 is 0 Å². The minimum absolute atomic E-state index is 0.280. The van der Waals surface area contributed by atoms with Gasteiger partial charge in [-0.1, -0.05) is 12.1 Å². The Labute approximate surface area is 118 Å². The van der Waals surface area contributed by atoms with E-state index in [9.17, 15) is 9.59 Å². The molecule has 2 N–H and O–H groups in total. The summed E-state index contributed by atoms with van der Waals surface area (Å²) < 4.78 is 0. The number of aliphatic carboxylic acids is 1. The second-order valence-electron chi connectivity index (χ2n) is 4.99. The van der Waals surface area contributed by atoms with Gasteiger partial charge in [0.05, 0.1) is 0 Å². The highest BCUT2D eigenvalue weighted by atomic mass is 16.4. The van der Waals surface area contributed by atoms with Crippen molar-refractivity contribution in [2.24, 2.45) is 0 Å². The zero-order valence-corrected chi connectivity index (χ0v) is 11.7. The van der Waals surface area contributed by atoms with E-state index in [0.717, 1.165) is 24.9 Å². The number of nitrogens with one attached hydrogen (secondary N) is 1. The van der Waals surface area contributed by atoms with Gasteiger partial charge in [0.2, 0.25) is 0 Å². The van der Waals surface area contributed by atoms with Gasteiger partial charge in [-0.2, -0.15) is 0 Å². The summed E-state index contributed by atoms with van der Waals surface area (Å²) in [6.07, 6.45) is 4.33. The smallest absolute Gasteiger partial charge is 0.323 e. The maximum absolute atomic E-state index is 12.1. The summed E-state index contributed by atoms with van der Waals surface area (Å²) in [5.41, 5.74) is 3.30. The molecule has 20 heavy (non-hydrogen) atoms. The molecule has 5 heteroatoms. The van der Waals surface area contributed by atoms with Crippen molar-refractivity contribution in [2.45, 2.75) is 32.6 Å². The Kier molecular flexibility index (Phi) is 4.61. The molecule has 0 radical (unpaired) electrons. The molecular formula is C15H20N2O3. The zero-order chi connectivity index (χ0) is 14.5. The van der Waals surface area contributed by atoms with Crippen LogP contribution in [0.25, 0.3) is 0 Å². The van der Waals surface area contributed by atoms with Crippen molar-refractivity contribution < 1.29 is 14.7 Å². The van der Waals surface area contributed by atoms with E-state index in [1.54, 1.807) is 6.92 Å². The molecule has 0 aliphatic heterocycles. The van der Waals surface area contributed by atoms with E-state index < -0.39 is 5.97 Å². The first-order valence-corrected chi connectivity index (χ1v) is 7.00. The van der Waals surface area contributed by atoms with Crippen LogP contribution in [0.3, 0.4) is 0 Å². The van der Waals surface area contributed by atoms with E-state index in [-0.39, 0.29) is 12.6 Å². The van der Waals surface area contributed by atoms with Crippen molar-refractivity contribution in [3.05, 3.63) is 29.3 Å². The Bertz CT molecular complexity index is 514. The standard InChI is InChI=1S/C15H20N2O3/c1-2-17(10-14(18)19)15(20)16-13-9-5-7-11-6-3-4-8-12(11)13/h5,7,9H,2-4,6,8,10H2,1H3,(H,16,20)(H,18,19). The molecule has 0 heterocycles. The molecule has 0 saturated carbocycles. The van der Waals surface area contributed by atoms with Gasteiger partial charge in [0.15, 0.2) is 0 Å². The first kappa shape index (κ1) is 14.4. The fraction of sp³-hybridized carbons (Fsp3) is 0.467. The number of nitrogens with zero attached hydrogens (tertiary/aromatic N) is 1. The molecule has 1 aliphatic carbocycles. The molecule has 1 aliphatic rings. The molecule has 0 aromatic heterocycles. The molecule has 0 saturated heterocycles. The highest BCUT2D eigenvalue weighted by Gasteiger charge is 2.18. The number of benzene rings is 1. The molecule has 0 spiro atoms. The first-order chi connectivity index (χ1) is 9.61. The van der Waals surface area contributed by atoms with Gasteiger partial charge >= 0.3 is 12.0 Å². The maximum atomic E-state index is 12.1. The molecule has 2 amide bonds. The van der Waals surface area contributed by atoms with Crippen molar-refractivity contribution in [2.75, 3.05) is 18.4 Å². The van der Waals surface area contributed by atoms with Gasteiger partial charge < -0.3 is 15.3 Å². The van der Waals surface area contributed by atoms with Gasteiger partial charge in [-0.3, -0.25) is 4.79 Å². The van der Waals surface area contributed by atoms with Crippen LogP contribution in [-0.2, 0) is 17.6 Å². The maximum Gasteiger partial charge on any atom is 0.323 e. The largest absolute Gasteiger partial charge is 0.480 e. The first-order valence-electron chi connectivity index (χ1n) is 7.00. The number of hydrogen-bond acceptors (Lipinski definition) is 2. The topological polar surface area (TPSA) is 69.6 Å². The number of carboxylic acid groups (broad SMARTS) is 1. The van der Waals surface area contributed by atoms with E-state index in [4.69, 9.17) is 5.11 Å². The van der Waals surface area contributed by atoms with Crippen LogP contribution in [0.1, 0.15) is 30.9 Å². The van der Waals surface area contributed by atoms with E-state index >= 15 is 0 Å². The molecule has 108 valence electrons. The van der Waals surface area contributed by atoms with Gasteiger partial charge in [0.1, 0.15) is 6.54 Å². The second kappa shape index (κ2) is 6.41. The lowest BCUT2D eigenvalue weighted by Crippen LogP contribution is -2.38. The van der Waals surface area contributed by atoms with Gasteiger partial charge in [0.25, 0.3) is 0 Å². The third kappa shape index (κ3) is 3.29. The number of hydrogen-bond donors (Lipinski definition) is 2. The molecule has 5 nitrogen and oxygen atoms in total. The quantitative estimate of drug-likeness (QED) is 0.887. The second-order valence-corrected chi connectivity index (χ2v) is 4.99. The zero-order valence-electron chi connectivity index (χ0n) is 11.7. The van der Waals surface area contributed by atoms with Gasteiger partial charge in [-0.25, -0.2) is 4.79 Å². The normalized spacial score (nSPS) is 13.4. The number of aryl methyl sites for hydroxylation is 1. The van der Waals surface area contributed by atoms with Crippen molar-refractivity contribution >= 4 is 17.7 Å². The summed E-state index contributed by atoms with van der Waals surface area (Å²) in [5, 5.41) is 11.7. The lowest BCUT2D eigenvalue weighted by atomic mass is 9.90. The van der Waals surface area contributed by atoms with Crippen molar-refractivity contribution in [3.8, 4) is 0 Å². The van der Waals surface area contributed by atoms with E-state index in [0.29, 0.717) is 6.54 Å². The number of likely N-dealkylation sites (N-methyl/N-ethyl adjacent to an activating group) is 1. The number of carbonyl (C=O) groups excluding carboxylic acids is 1. The Hall–Kier alpha value is -2.04. The summed E-state index contributed by atoms with van der Waals surface area (Å²) in [6.45, 7) is 1.85. The molecule has 0 fully saturated rings. The number of carbonyl (C=O) groups is 2. The Morgan fingerprint density at radius 3 is 2.75 bits per heavy atom. The molecule has 0 unspecified atom stereocenters. The molecule has 1 aromatic carbocycles. The number of urea groups is 1. The number of carboxylic acids is 1. The van der Waals surface area contributed by atoms with Crippen LogP contribution in [0.2, 0.25) is 0 Å². The van der Waals surface area contributed by atoms with Crippen LogP contribution < -0.4 is 5.32 Å². The SMILES string of the molecule is CCN(CC(=O)O)C(=O)Nc1cccc2c1CCCC2. The summed E-state index contributed by atoms with van der Waals surface area (Å²) in [6, 6.07) is 5.57. The lowest BCUT2D eigenvalue weighted by molar-refractivity contribution is -0.137. The number of amides is 2. The van der Waals surface area contributed by atoms with E-state index in [1.807, 2.05) is 12.1 Å². The van der Waals surface area contributed by atoms with Crippen LogP contribution in [0.15, 0.2) is 18.2 Å². The monoisotopic (exact) mass is 276 g/mol. The van der Waals surface area contributed by atoms with Crippen molar-refractivity contribution in [1.82, 2.24) is 4.90 Å². The molecule has 2 rings (SSSR count). The number of rotatable bonds is 4. The average molecular weight is 276 g/mol. The predicted molar refractivity (Wildman–Crippen MR) is 77.0 cm³/mol. The van der Waals surface area contributed by atoms with Crippen LogP contribution in [0.4, 0.5) is 10.5 Å². The fourth-order valence-electron chi connectivity index (χ4n) is 2.58. The van der Waals surface area contributed by atoms with Crippen molar-refractivity contribution in [3.63, 3.8) is 0 Å². The van der Waals surface area contributed by atoms with Gasteiger partial charge in [-0.05, 0) is 49.8 Å². The van der Waals surface area contributed by atoms with E-state index in [1.165, 1.54) is 22.4 Å². The molecular weight excluding hydrogens is 256 g/mol. The van der Waals surface area contributed by atoms with E-state index in [2.05, 4.69) is 11.4 Å². The third-order valence-electron chi connectivity index (χ3n) is 3.63. The minimum Gasteiger partial charge on any atom is -0.480 e. The van der Waals surface area contributed by atoms with Crippen molar-refractivity contribution in [1.29, 1.82) is 0 Å². The lowest BCUT2D eigenvalue weighted by Gasteiger charge is -2.23. The average Bonchev–Trinajstić information content (AvgIpc) is 2.45. The predicted octanol–water partition coefficient (Wildman–Crippen LogP) is 2.50. The Morgan fingerprint density at radius 1 is 1.30 bits per heavy atom. The van der Waals surface area contributed by atoms with Crippen LogP contribution in [0.5, 0.6) is 0 Å². The molecule has 1 aromatic rings. The third-order valence-corrected chi connectivity index (χ3v) is 3.63. The fourth-order valence-corrected chi connectivity index (χ4v) is 2.58. The highest BCUT2D eigenvalue weighted by Crippen LogP contribution is 2.27. The number of fused-ring (bicyclic) bond motifs is 1. The van der Waals surface area contributed by atoms with Crippen LogP contribution in [-0.4, -0.2) is 35.1 Å². The minimum atomic E-state index is -1.00.